The summed E-state index contributed by atoms with van der Waals surface area (Å²) in [6, 6.07) is 3.75. The zero-order chi connectivity index (χ0) is 18.1. The first-order valence-electron chi connectivity index (χ1n) is 9.04. The van der Waals surface area contributed by atoms with E-state index in [0.717, 1.165) is 43.2 Å². The molecule has 0 saturated carbocycles. The second-order valence-corrected chi connectivity index (χ2v) is 6.91. The monoisotopic (exact) mass is 359 g/mol. The molecular weight excluding hydrogens is 334 g/mol. The fourth-order valence-electron chi connectivity index (χ4n) is 3.65. The lowest BCUT2D eigenvalue weighted by molar-refractivity contribution is 0.169. The largest absolute Gasteiger partial charge is 0.493 e. The molecule has 3 heterocycles. The third-order valence-electron chi connectivity index (χ3n) is 5.11. The number of likely N-dealkylation sites (tertiary alicyclic amines) is 1. The van der Waals surface area contributed by atoms with E-state index in [-0.39, 0.29) is 6.79 Å². The summed E-state index contributed by atoms with van der Waals surface area (Å²) < 4.78 is 22.3. The minimum Gasteiger partial charge on any atom is -0.493 e. The third-order valence-corrected chi connectivity index (χ3v) is 5.11. The maximum Gasteiger partial charge on any atom is 0.231 e. The Bertz CT molecular complexity index is 789. The lowest BCUT2D eigenvalue weighted by Crippen LogP contribution is -2.38. The molecule has 1 fully saturated rings. The molecule has 140 valence electrons. The van der Waals surface area contributed by atoms with Crippen molar-refractivity contribution in [1.82, 2.24) is 9.88 Å². The Hall–Kier alpha value is -2.25. The molecule has 1 aromatic heterocycles. The standard InChI is InChI=1S/C19H25N3O4/c1-12-15(10-22-5-3-4-13(8-20)9-22)21-19(26-12)14-6-16(23-2)18-17(7-14)24-11-25-18/h6-7,13H,3-5,8-11,20H2,1-2H3. The Labute approximate surface area is 153 Å². The van der Waals surface area contributed by atoms with E-state index in [4.69, 9.17) is 29.3 Å². The van der Waals surface area contributed by atoms with E-state index in [2.05, 4.69) is 4.90 Å². The van der Waals surface area contributed by atoms with Crippen molar-refractivity contribution in [3.05, 3.63) is 23.6 Å². The van der Waals surface area contributed by atoms with Crippen LogP contribution in [0, 0.1) is 12.8 Å². The van der Waals surface area contributed by atoms with Crippen molar-refractivity contribution in [2.75, 3.05) is 33.5 Å². The van der Waals surface area contributed by atoms with Crippen LogP contribution >= 0.6 is 0 Å². The number of oxazole rings is 1. The van der Waals surface area contributed by atoms with Crippen LogP contribution in [0.4, 0.5) is 0 Å². The summed E-state index contributed by atoms with van der Waals surface area (Å²) >= 11 is 0. The van der Waals surface area contributed by atoms with Gasteiger partial charge in [-0.1, -0.05) is 0 Å². The molecule has 0 radical (unpaired) electrons. The van der Waals surface area contributed by atoms with Gasteiger partial charge in [-0.2, -0.15) is 0 Å². The van der Waals surface area contributed by atoms with Crippen LogP contribution in [-0.2, 0) is 6.54 Å². The van der Waals surface area contributed by atoms with E-state index in [0.29, 0.717) is 29.1 Å². The summed E-state index contributed by atoms with van der Waals surface area (Å²) in [5, 5.41) is 0. The number of ether oxygens (including phenoxy) is 3. The van der Waals surface area contributed by atoms with E-state index >= 15 is 0 Å². The van der Waals surface area contributed by atoms with Gasteiger partial charge in [0.05, 0.1) is 12.8 Å². The van der Waals surface area contributed by atoms with Crippen molar-refractivity contribution in [2.24, 2.45) is 11.7 Å². The molecule has 2 aromatic rings. The number of aryl methyl sites for hydroxylation is 1. The van der Waals surface area contributed by atoms with Crippen molar-refractivity contribution in [3.8, 4) is 28.7 Å². The number of hydrogen-bond donors (Lipinski definition) is 1. The normalized spacial score (nSPS) is 19.7. The van der Waals surface area contributed by atoms with Gasteiger partial charge in [0.1, 0.15) is 5.76 Å². The smallest absolute Gasteiger partial charge is 0.231 e. The van der Waals surface area contributed by atoms with Gasteiger partial charge in [0.25, 0.3) is 0 Å². The number of benzene rings is 1. The van der Waals surface area contributed by atoms with E-state index in [1.807, 2.05) is 19.1 Å². The van der Waals surface area contributed by atoms with Gasteiger partial charge >= 0.3 is 0 Å². The van der Waals surface area contributed by atoms with Gasteiger partial charge in [-0.3, -0.25) is 4.90 Å². The molecule has 4 rings (SSSR count). The number of nitrogens with zero attached hydrogens (tertiary/aromatic N) is 2. The number of methoxy groups -OCH3 is 1. The van der Waals surface area contributed by atoms with Gasteiger partial charge in [0, 0.05) is 18.7 Å². The van der Waals surface area contributed by atoms with Crippen LogP contribution in [0.1, 0.15) is 24.3 Å². The Balaban J connectivity index is 1.57. The Morgan fingerprint density at radius 3 is 3.04 bits per heavy atom. The van der Waals surface area contributed by atoms with Crippen molar-refractivity contribution >= 4 is 0 Å². The molecule has 2 aliphatic heterocycles. The quantitative estimate of drug-likeness (QED) is 0.878. The summed E-state index contributed by atoms with van der Waals surface area (Å²) in [7, 11) is 1.61. The van der Waals surface area contributed by atoms with Gasteiger partial charge < -0.3 is 24.4 Å². The number of nitrogens with two attached hydrogens (primary N) is 1. The van der Waals surface area contributed by atoms with Crippen LogP contribution in [0.3, 0.4) is 0 Å². The molecule has 2 N–H and O–H groups in total. The van der Waals surface area contributed by atoms with Crippen molar-refractivity contribution in [2.45, 2.75) is 26.3 Å². The van der Waals surface area contributed by atoms with E-state index in [1.165, 1.54) is 12.8 Å². The second-order valence-electron chi connectivity index (χ2n) is 6.91. The minimum absolute atomic E-state index is 0.197. The lowest BCUT2D eigenvalue weighted by atomic mass is 9.98. The average Bonchev–Trinajstić information content (AvgIpc) is 3.28. The fraction of sp³-hybridized carbons (Fsp3) is 0.526. The SMILES string of the molecule is COc1cc(-c2nc(CN3CCCC(CN)C3)c(C)o2)cc2c1OCO2. The Morgan fingerprint density at radius 1 is 1.35 bits per heavy atom. The van der Waals surface area contributed by atoms with Crippen molar-refractivity contribution < 1.29 is 18.6 Å². The number of rotatable bonds is 5. The maximum absolute atomic E-state index is 5.94. The second kappa shape index (κ2) is 7.17. The first kappa shape index (κ1) is 17.2. The molecule has 26 heavy (non-hydrogen) atoms. The zero-order valence-electron chi connectivity index (χ0n) is 15.3. The molecule has 1 saturated heterocycles. The summed E-state index contributed by atoms with van der Waals surface area (Å²) in [6.07, 6.45) is 2.40. The molecule has 0 amide bonds. The first-order chi connectivity index (χ1) is 12.7. The average molecular weight is 359 g/mol. The predicted molar refractivity (Wildman–Crippen MR) is 96.4 cm³/mol. The van der Waals surface area contributed by atoms with Crippen LogP contribution in [0.15, 0.2) is 16.5 Å². The van der Waals surface area contributed by atoms with E-state index < -0.39 is 0 Å². The molecule has 1 atom stereocenters. The van der Waals surface area contributed by atoms with Gasteiger partial charge in [-0.05, 0) is 50.9 Å². The summed E-state index contributed by atoms with van der Waals surface area (Å²) in [5.41, 5.74) is 7.63. The zero-order valence-corrected chi connectivity index (χ0v) is 15.3. The number of piperidine rings is 1. The molecule has 2 aliphatic rings. The van der Waals surface area contributed by atoms with Gasteiger partial charge in [-0.25, -0.2) is 4.98 Å². The highest BCUT2D eigenvalue weighted by molar-refractivity contribution is 5.66. The number of aromatic nitrogens is 1. The van der Waals surface area contributed by atoms with Crippen molar-refractivity contribution in [3.63, 3.8) is 0 Å². The maximum atomic E-state index is 5.94. The highest BCUT2D eigenvalue weighted by Gasteiger charge is 2.24. The fourth-order valence-corrected chi connectivity index (χ4v) is 3.65. The molecule has 0 spiro atoms. The van der Waals surface area contributed by atoms with Gasteiger partial charge in [-0.15, -0.1) is 0 Å². The third kappa shape index (κ3) is 3.24. The molecule has 7 heteroatoms. The van der Waals surface area contributed by atoms with E-state index in [1.54, 1.807) is 7.11 Å². The molecule has 0 aliphatic carbocycles. The van der Waals surface area contributed by atoms with E-state index in [9.17, 15) is 0 Å². The molecule has 1 aromatic carbocycles. The van der Waals surface area contributed by atoms with Crippen LogP contribution in [0.5, 0.6) is 17.2 Å². The molecule has 7 nitrogen and oxygen atoms in total. The highest BCUT2D eigenvalue weighted by Crippen LogP contribution is 2.44. The predicted octanol–water partition coefficient (Wildman–Crippen LogP) is 2.56. The summed E-state index contributed by atoms with van der Waals surface area (Å²) in [5.74, 6) is 3.88. The van der Waals surface area contributed by atoms with Crippen LogP contribution < -0.4 is 19.9 Å². The van der Waals surface area contributed by atoms with Crippen molar-refractivity contribution in [1.29, 1.82) is 0 Å². The van der Waals surface area contributed by atoms with Crippen LogP contribution in [-0.4, -0.2) is 43.4 Å². The lowest BCUT2D eigenvalue weighted by Gasteiger charge is -2.31. The highest BCUT2D eigenvalue weighted by atomic mass is 16.7. The Morgan fingerprint density at radius 2 is 2.23 bits per heavy atom. The first-order valence-corrected chi connectivity index (χ1v) is 9.04. The van der Waals surface area contributed by atoms with Gasteiger partial charge in [0.2, 0.25) is 18.4 Å². The number of fused-ring (bicyclic) bond motifs is 1. The molecule has 0 bridgehead atoms. The minimum atomic E-state index is 0.197. The summed E-state index contributed by atoms with van der Waals surface area (Å²) in [6.45, 7) is 5.79. The Kier molecular flexibility index (Phi) is 4.74. The van der Waals surface area contributed by atoms with Crippen LogP contribution in [0.25, 0.3) is 11.5 Å². The topological polar surface area (TPSA) is 83.0 Å². The number of hydrogen-bond acceptors (Lipinski definition) is 7. The molecular formula is C19H25N3O4. The molecule has 1 unspecified atom stereocenters. The van der Waals surface area contributed by atoms with Crippen LogP contribution in [0.2, 0.25) is 0 Å². The summed E-state index contributed by atoms with van der Waals surface area (Å²) in [4.78, 5) is 7.15. The van der Waals surface area contributed by atoms with Gasteiger partial charge in [0.15, 0.2) is 11.5 Å².